The van der Waals surface area contributed by atoms with Crippen LogP contribution in [0.5, 0.6) is 11.6 Å². The highest BCUT2D eigenvalue weighted by molar-refractivity contribution is 6.29. The van der Waals surface area contributed by atoms with E-state index in [1.165, 1.54) is 10.8 Å². The van der Waals surface area contributed by atoms with Gasteiger partial charge in [-0.25, -0.2) is 0 Å². The second-order valence-electron chi connectivity index (χ2n) is 3.63. The van der Waals surface area contributed by atoms with Crippen molar-refractivity contribution in [3.63, 3.8) is 0 Å². The lowest BCUT2D eigenvalue weighted by Crippen LogP contribution is -1.97. The smallest absolute Gasteiger partial charge is 0.256 e. The van der Waals surface area contributed by atoms with Gasteiger partial charge in [-0.15, -0.1) is 0 Å². The summed E-state index contributed by atoms with van der Waals surface area (Å²) >= 11 is 5.88. The van der Waals surface area contributed by atoms with Crippen molar-refractivity contribution in [3.8, 4) is 17.7 Å². The van der Waals surface area contributed by atoms with Gasteiger partial charge in [0.1, 0.15) is 17.2 Å². The van der Waals surface area contributed by atoms with Gasteiger partial charge in [0.2, 0.25) is 5.88 Å². The highest BCUT2D eigenvalue weighted by Gasteiger charge is 2.08. The van der Waals surface area contributed by atoms with E-state index >= 15 is 0 Å². The van der Waals surface area contributed by atoms with Crippen LogP contribution in [0.3, 0.4) is 0 Å². The van der Waals surface area contributed by atoms with Crippen molar-refractivity contribution in [2.24, 2.45) is 0 Å². The van der Waals surface area contributed by atoms with Gasteiger partial charge in [0.25, 0.3) is 5.78 Å². The number of aromatic nitrogens is 4. The number of halogens is 1. The lowest BCUT2D eigenvalue weighted by atomic mass is 10.2. The number of nitrogens with zero attached hydrogens (tertiary/aromatic N) is 5. The standard InChI is InChI=1S/C12H6ClN5O/c13-10-5-11(18-12(17-10)15-7-16-18)19-9-3-1-8(6-14)2-4-9/h1-5,7H. The highest BCUT2D eigenvalue weighted by Crippen LogP contribution is 2.23. The molecule has 0 aliphatic heterocycles. The molecule has 0 spiro atoms. The molecule has 0 aliphatic rings. The lowest BCUT2D eigenvalue weighted by Gasteiger charge is -2.06. The predicted molar refractivity (Wildman–Crippen MR) is 67.0 cm³/mol. The third kappa shape index (κ3) is 2.19. The second kappa shape index (κ2) is 4.55. The highest BCUT2D eigenvalue weighted by atomic mass is 35.5. The van der Waals surface area contributed by atoms with Gasteiger partial charge in [0, 0.05) is 6.07 Å². The maximum Gasteiger partial charge on any atom is 0.256 e. The van der Waals surface area contributed by atoms with E-state index in [-0.39, 0.29) is 5.15 Å². The maximum atomic E-state index is 8.73. The van der Waals surface area contributed by atoms with Crippen LogP contribution in [0.25, 0.3) is 5.78 Å². The monoisotopic (exact) mass is 271 g/mol. The molecule has 1 aromatic carbocycles. The molecule has 0 atom stereocenters. The summed E-state index contributed by atoms with van der Waals surface area (Å²) in [4.78, 5) is 7.94. The number of hydrogen-bond acceptors (Lipinski definition) is 5. The second-order valence-corrected chi connectivity index (χ2v) is 4.01. The van der Waals surface area contributed by atoms with E-state index in [1.807, 2.05) is 6.07 Å². The van der Waals surface area contributed by atoms with Crippen molar-refractivity contribution < 1.29 is 4.74 Å². The third-order valence-electron chi connectivity index (χ3n) is 2.39. The van der Waals surface area contributed by atoms with Crippen molar-refractivity contribution in [1.29, 1.82) is 5.26 Å². The fourth-order valence-corrected chi connectivity index (χ4v) is 1.72. The average molecular weight is 272 g/mol. The minimum Gasteiger partial charge on any atom is -0.439 e. The Bertz CT molecular complexity index is 775. The Morgan fingerprint density at radius 2 is 2.05 bits per heavy atom. The predicted octanol–water partition coefficient (Wildman–Crippen LogP) is 2.44. The van der Waals surface area contributed by atoms with Crippen LogP contribution in [-0.2, 0) is 0 Å². The summed E-state index contributed by atoms with van der Waals surface area (Å²) in [7, 11) is 0. The number of fused-ring (bicyclic) bond motifs is 1. The van der Waals surface area contributed by atoms with Crippen LogP contribution in [0, 0.1) is 11.3 Å². The Labute approximate surface area is 112 Å². The first-order valence-electron chi connectivity index (χ1n) is 5.30. The van der Waals surface area contributed by atoms with Crippen LogP contribution < -0.4 is 4.74 Å². The summed E-state index contributed by atoms with van der Waals surface area (Å²) < 4.78 is 7.09. The van der Waals surface area contributed by atoms with E-state index in [9.17, 15) is 0 Å². The Kier molecular flexibility index (Phi) is 2.74. The van der Waals surface area contributed by atoms with E-state index in [0.717, 1.165) is 0 Å². The molecule has 2 aromatic heterocycles. The first-order chi connectivity index (χ1) is 9.26. The summed E-state index contributed by atoms with van der Waals surface area (Å²) in [6.07, 6.45) is 1.37. The van der Waals surface area contributed by atoms with E-state index in [4.69, 9.17) is 21.6 Å². The SMILES string of the molecule is N#Cc1ccc(Oc2cc(Cl)nc3ncnn23)cc1. The van der Waals surface area contributed by atoms with Gasteiger partial charge in [-0.1, -0.05) is 11.6 Å². The van der Waals surface area contributed by atoms with E-state index in [2.05, 4.69) is 15.1 Å². The van der Waals surface area contributed by atoms with E-state index in [0.29, 0.717) is 23.0 Å². The van der Waals surface area contributed by atoms with Gasteiger partial charge < -0.3 is 4.74 Å². The van der Waals surface area contributed by atoms with Gasteiger partial charge in [-0.3, -0.25) is 0 Å². The van der Waals surface area contributed by atoms with Crippen LogP contribution in [0.15, 0.2) is 36.7 Å². The fraction of sp³-hybridized carbons (Fsp3) is 0. The summed E-state index contributed by atoms with van der Waals surface area (Å²) in [5.74, 6) is 1.33. The first-order valence-corrected chi connectivity index (χ1v) is 5.68. The molecular weight excluding hydrogens is 266 g/mol. The normalized spacial score (nSPS) is 10.3. The lowest BCUT2D eigenvalue weighted by molar-refractivity contribution is 0.446. The number of nitriles is 1. The molecule has 3 aromatic rings. The van der Waals surface area contributed by atoms with Gasteiger partial charge in [0.05, 0.1) is 11.6 Å². The van der Waals surface area contributed by atoms with Gasteiger partial charge in [0.15, 0.2) is 0 Å². The molecule has 0 fully saturated rings. The molecule has 92 valence electrons. The molecule has 3 rings (SSSR count). The number of rotatable bonds is 2. The Balaban J connectivity index is 2.00. The van der Waals surface area contributed by atoms with Crippen molar-refractivity contribution in [3.05, 3.63) is 47.4 Å². The van der Waals surface area contributed by atoms with E-state index < -0.39 is 0 Å². The summed E-state index contributed by atoms with van der Waals surface area (Å²) in [5.41, 5.74) is 0.561. The molecule has 6 nitrogen and oxygen atoms in total. The largest absolute Gasteiger partial charge is 0.439 e. The van der Waals surface area contributed by atoms with Crippen molar-refractivity contribution in [1.82, 2.24) is 19.6 Å². The Morgan fingerprint density at radius 1 is 1.26 bits per heavy atom. The molecule has 2 heterocycles. The molecule has 0 saturated heterocycles. The topological polar surface area (TPSA) is 76.1 Å². The number of ether oxygens (including phenoxy) is 1. The molecule has 19 heavy (non-hydrogen) atoms. The number of hydrogen-bond donors (Lipinski definition) is 0. The zero-order valence-corrected chi connectivity index (χ0v) is 10.2. The van der Waals surface area contributed by atoms with Crippen LogP contribution in [0.1, 0.15) is 5.56 Å². The summed E-state index contributed by atoms with van der Waals surface area (Å²) in [6.45, 7) is 0. The van der Waals surface area contributed by atoms with E-state index in [1.54, 1.807) is 30.3 Å². The molecule has 0 unspecified atom stereocenters. The van der Waals surface area contributed by atoms with Crippen molar-refractivity contribution in [2.75, 3.05) is 0 Å². The van der Waals surface area contributed by atoms with Crippen LogP contribution in [0.4, 0.5) is 0 Å². The van der Waals surface area contributed by atoms with Crippen LogP contribution in [0.2, 0.25) is 5.15 Å². The quantitative estimate of drug-likeness (QED) is 0.669. The maximum absolute atomic E-state index is 8.73. The number of benzene rings is 1. The third-order valence-corrected chi connectivity index (χ3v) is 2.59. The van der Waals surface area contributed by atoms with Crippen LogP contribution >= 0.6 is 11.6 Å². The Hall–Kier alpha value is -2.65. The van der Waals surface area contributed by atoms with Gasteiger partial charge >= 0.3 is 0 Å². The molecule has 7 heteroatoms. The molecule has 0 N–H and O–H groups in total. The minimum atomic E-state index is 0.268. The van der Waals surface area contributed by atoms with Gasteiger partial charge in [-0.2, -0.15) is 24.8 Å². The first kappa shape index (κ1) is 11.4. The average Bonchev–Trinajstić information content (AvgIpc) is 2.88. The zero-order valence-electron chi connectivity index (χ0n) is 9.49. The molecular formula is C12H6ClN5O. The van der Waals surface area contributed by atoms with Gasteiger partial charge in [-0.05, 0) is 24.3 Å². The fourth-order valence-electron chi connectivity index (χ4n) is 1.55. The Morgan fingerprint density at radius 3 is 2.79 bits per heavy atom. The molecule has 0 aliphatic carbocycles. The van der Waals surface area contributed by atoms with Crippen molar-refractivity contribution in [2.45, 2.75) is 0 Å². The summed E-state index contributed by atoms with van der Waals surface area (Å²) in [5, 5.41) is 13.0. The van der Waals surface area contributed by atoms with Crippen molar-refractivity contribution >= 4 is 17.4 Å². The van der Waals surface area contributed by atoms with Crippen LogP contribution in [-0.4, -0.2) is 19.6 Å². The zero-order chi connectivity index (χ0) is 13.2. The molecule has 0 saturated carbocycles. The molecule has 0 amide bonds. The summed E-state index contributed by atoms with van der Waals surface area (Å²) in [6, 6.07) is 10.3. The minimum absolute atomic E-state index is 0.268. The molecule has 0 bridgehead atoms. The molecule has 0 radical (unpaired) electrons.